The fraction of sp³-hybridized carbons (Fsp3) is 0.286. The molecular weight excluding hydrogens is 383 g/mol. The Morgan fingerprint density at radius 2 is 2.04 bits per heavy atom. The number of rotatable bonds is 5. The molecule has 0 radical (unpaired) electrons. The molecule has 0 N–H and O–H groups in total. The molecule has 28 heavy (non-hydrogen) atoms. The van der Waals surface area contributed by atoms with Crippen LogP contribution in [-0.4, -0.2) is 44.3 Å². The number of piperazine rings is 1. The number of anilines is 1. The number of hydrogen-bond donors (Lipinski definition) is 0. The minimum absolute atomic E-state index is 0.151. The topological polar surface area (TPSA) is 42.0 Å². The minimum Gasteiger partial charge on any atom is -0.497 e. The van der Waals surface area contributed by atoms with Gasteiger partial charge in [0, 0.05) is 30.7 Å². The van der Waals surface area contributed by atoms with Gasteiger partial charge < -0.3 is 19.3 Å². The highest BCUT2D eigenvalue weighted by molar-refractivity contribution is 6.30. The maximum Gasteiger partial charge on any atom is 0.410 e. The van der Waals surface area contributed by atoms with Crippen LogP contribution in [0.2, 0.25) is 5.02 Å². The maximum atomic E-state index is 14.7. The van der Waals surface area contributed by atoms with Gasteiger partial charge in [0.2, 0.25) is 0 Å². The summed E-state index contributed by atoms with van der Waals surface area (Å²) in [4.78, 5) is 15.9. The summed E-state index contributed by atoms with van der Waals surface area (Å²) < 4.78 is 25.0. The smallest absolute Gasteiger partial charge is 0.410 e. The molecule has 5 nitrogen and oxygen atoms in total. The second-order valence-corrected chi connectivity index (χ2v) is 6.83. The summed E-state index contributed by atoms with van der Waals surface area (Å²) in [5, 5.41) is 0.615. The monoisotopic (exact) mass is 404 g/mol. The molecule has 0 saturated carbocycles. The zero-order chi connectivity index (χ0) is 20.1. The molecule has 2 aromatic carbocycles. The molecule has 148 valence electrons. The van der Waals surface area contributed by atoms with E-state index in [2.05, 4.69) is 6.58 Å². The Balaban J connectivity index is 1.91. The third kappa shape index (κ3) is 4.39. The number of ether oxygens (including phenoxy) is 2. The van der Waals surface area contributed by atoms with Crippen LogP contribution in [0.15, 0.2) is 55.1 Å². The number of amides is 1. The molecule has 1 amide bonds. The number of benzene rings is 2. The second-order valence-electron chi connectivity index (χ2n) is 6.39. The average Bonchev–Trinajstić information content (AvgIpc) is 2.72. The fourth-order valence-electron chi connectivity index (χ4n) is 3.28. The van der Waals surface area contributed by atoms with Crippen LogP contribution in [0.3, 0.4) is 0 Å². The summed E-state index contributed by atoms with van der Waals surface area (Å²) in [5.74, 6) is 0.0805. The van der Waals surface area contributed by atoms with E-state index in [4.69, 9.17) is 21.1 Å². The van der Waals surface area contributed by atoms with Crippen molar-refractivity contribution in [2.24, 2.45) is 0 Å². The first-order valence-electron chi connectivity index (χ1n) is 8.91. The van der Waals surface area contributed by atoms with Gasteiger partial charge in [-0.2, -0.15) is 0 Å². The minimum atomic E-state index is -0.409. The lowest BCUT2D eigenvalue weighted by atomic mass is 10.0. The molecule has 1 aliphatic rings. The van der Waals surface area contributed by atoms with E-state index < -0.39 is 6.09 Å². The second kappa shape index (κ2) is 8.97. The molecule has 0 spiro atoms. The Morgan fingerprint density at radius 1 is 1.29 bits per heavy atom. The van der Waals surface area contributed by atoms with Crippen molar-refractivity contribution in [1.29, 1.82) is 0 Å². The van der Waals surface area contributed by atoms with Gasteiger partial charge in [-0.1, -0.05) is 36.4 Å². The average molecular weight is 405 g/mol. The molecular formula is C21H22ClFN2O3. The van der Waals surface area contributed by atoms with E-state index in [9.17, 15) is 9.18 Å². The van der Waals surface area contributed by atoms with E-state index in [0.29, 0.717) is 36.1 Å². The SMILES string of the molecule is C=CCOC(=O)N1CCN(c2ccc(OC)cc2F)[C@H](c2ccc(Cl)cc2)C1. The van der Waals surface area contributed by atoms with E-state index >= 15 is 0 Å². The van der Waals surface area contributed by atoms with Crippen LogP contribution in [0.25, 0.3) is 0 Å². The molecule has 1 heterocycles. The van der Waals surface area contributed by atoms with Crippen LogP contribution in [0, 0.1) is 5.82 Å². The van der Waals surface area contributed by atoms with Gasteiger partial charge in [-0.25, -0.2) is 9.18 Å². The van der Waals surface area contributed by atoms with Crippen molar-refractivity contribution in [2.45, 2.75) is 6.04 Å². The Morgan fingerprint density at radius 3 is 2.68 bits per heavy atom. The van der Waals surface area contributed by atoms with E-state index in [-0.39, 0.29) is 18.5 Å². The van der Waals surface area contributed by atoms with E-state index in [1.54, 1.807) is 29.2 Å². The van der Waals surface area contributed by atoms with E-state index in [1.807, 2.05) is 17.0 Å². The van der Waals surface area contributed by atoms with E-state index in [1.165, 1.54) is 19.3 Å². The summed E-state index contributed by atoms with van der Waals surface area (Å²) in [6.07, 6.45) is 1.12. The van der Waals surface area contributed by atoms with Crippen molar-refractivity contribution in [3.8, 4) is 5.75 Å². The summed E-state index contributed by atoms with van der Waals surface area (Å²) in [6, 6.07) is 11.9. The lowest BCUT2D eigenvalue weighted by Crippen LogP contribution is -2.51. The quantitative estimate of drug-likeness (QED) is 0.679. The highest BCUT2D eigenvalue weighted by atomic mass is 35.5. The van der Waals surface area contributed by atoms with Crippen molar-refractivity contribution in [3.05, 3.63) is 71.5 Å². The van der Waals surface area contributed by atoms with Crippen LogP contribution in [0.1, 0.15) is 11.6 Å². The summed E-state index contributed by atoms with van der Waals surface area (Å²) >= 11 is 6.02. The molecule has 1 aliphatic heterocycles. The molecule has 3 rings (SSSR count). The van der Waals surface area contributed by atoms with Gasteiger partial charge >= 0.3 is 6.09 Å². The van der Waals surface area contributed by atoms with Crippen LogP contribution in [0.5, 0.6) is 5.75 Å². The first-order chi connectivity index (χ1) is 13.5. The molecule has 0 bridgehead atoms. The highest BCUT2D eigenvalue weighted by Crippen LogP contribution is 2.34. The van der Waals surface area contributed by atoms with Gasteiger partial charge in [0.15, 0.2) is 0 Å². The Labute approximate surface area is 168 Å². The van der Waals surface area contributed by atoms with Gasteiger partial charge in [-0.3, -0.25) is 0 Å². The zero-order valence-corrected chi connectivity index (χ0v) is 16.4. The molecule has 1 fully saturated rings. The van der Waals surface area contributed by atoms with Crippen LogP contribution in [-0.2, 0) is 4.74 Å². The van der Waals surface area contributed by atoms with Gasteiger partial charge in [0.25, 0.3) is 0 Å². The van der Waals surface area contributed by atoms with Crippen molar-refractivity contribution >= 4 is 23.4 Å². The summed E-state index contributed by atoms with van der Waals surface area (Å²) in [6.45, 7) is 4.95. The van der Waals surface area contributed by atoms with Crippen molar-refractivity contribution in [1.82, 2.24) is 4.90 Å². The van der Waals surface area contributed by atoms with Crippen LogP contribution >= 0.6 is 11.6 Å². The largest absolute Gasteiger partial charge is 0.497 e. The molecule has 7 heteroatoms. The van der Waals surface area contributed by atoms with Crippen molar-refractivity contribution < 1.29 is 18.7 Å². The van der Waals surface area contributed by atoms with Gasteiger partial charge in [0.05, 0.1) is 18.8 Å². The van der Waals surface area contributed by atoms with Crippen LogP contribution in [0.4, 0.5) is 14.9 Å². The van der Waals surface area contributed by atoms with Crippen LogP contribution < -0.4 is 9.64 Å². The normalized spacial score (nSPS) is 16.6. The van der Waals surface area contributed by atoms with Crippen molar-refractivity contribution in [2.75, 3.05) is 38.3 Å². The molecule has 0 aromatic heterocycles. The number of carbonyl (C=O) groups is 1. The zero-order valence-electron chi connectivity index (χ0n) is 15.6. The lowest BCUT2D eigenvalue weighted by Gasteiger charge is -2.42. The standard InChI is InChI=1S/C21H22ClFN2O3/c1-3-12-28-21(26)24-10-11-25(19-9-8-17(27-2)13-18(19)23)20(14-24)15-4-6-16(22)7-5-15/h3-9,13,20H,1,10-12,14H2,2H3/t20-/m0/s1. The number of halogens is 2. The molecule has 0 aliphatic carbocycles. The molecule has 1 atom stereocenters. The van der Waals surface area contributed by atoms with E-state index in [0.717, 1.165) is 5.56 Å². The highest BCUT2D eigenvalue weighted by Gasteiger charge is 2.32. The number of hydrogen-bond acceptors (Lipinski definition) is 4. The number of nitrogens with zero attached hydrogens (tertiary/aromatic N) is 2. The van der Waals surface area contributed by atoms with Crippen molar-refractivity contribution in [3.63, 3.8) is 0 Å². The third-order valence-corrected chi connectivity index (χ3v) is 4.93. The third-order valence-electron chi connectivity index (χ3n) is 4.68. The maximum absolute atomic E-state index is 14.7. The predicted octanol–water partition coefficient (Wildman–Crippen LogP) is 4.67. The van der Waals surface area contributed by atoms with Gasteiger partial charge in [0.1, 0.15) is 18.2 Å². The lowest BCUT2D eigenvalue weighted by molar-refractivity contribution is 0.104. The van der Waals surface area contributed by atoms with Gasteiger partial charge in [-0.15, -0.1) is 0 Å². The molecule has 0 unspecified atom stereocenters. The summed E-state index contributed by atoms with van der Waals surface area (Å²) in [5.41, 5.74) is 1.39. The Hall–Kier alpha value is -2.73. The molecule has 1 saturated heterocycles. The Kier molecular flexibility index (Phi) is 6.41. The Bertz CT molecular complexity index is 844. The first-order valence-corrected chi connectivity index (χ1v) is 9.29. The molecule has 2 aromatic rings. The first kappa shape index (κ1) is 20.0. The fourth-order valence-corrected chi connectivity index (χ4v) is 3.40. The predicted molar refractivity (Wildman–Crippen MR) is 108 cm³/mol. The van der Waals surface area contributed by atoms with Gasteiger partial charge in [-0.05, 0) is 29.8 Å². The number of methoxy groups -OCH3 is 1. The number of carbonyl (C=O) groups excluding carboxylic acids is 1. The summed E-state index contributed by atoms with van der Waals surface area (Å²) in [7, 11) is 1.50.